The molecule has 1 fully saturated rings. The van der Waals surface area contributed by atoms with Gasteiger partial charge in [0.15, 0.2) is 0 Å². The van der Waals surface area contributed by atoms with Gasteiger partial charge in [-0.25, -0.2) is 0 Å². The van der Waals surface area contributed by atoms with Crippen molar-refractivity contribution in [3.63, 3.8) is 0 Å². The third-order valence-corrected chi connectivity index (χ3v) is 3.66. The van der Waals surface area contributed by atoms with Gasteiger partial charge in [-0.1, -0.05) is 13.8 Å². The third kappa shape index (κ3) is 4.81. The summed E-state index contributed by atoms with van der Waals surface area (Å²) in [5.74, 6) is 0.867. The van der Waals surface area contributed by atoms with Crippen LogP contribution in [0.25, 0.3) is 0 Å². The molecule has 1 heterocycles. The highest BCUT2D eigenvalue weighted by molar-refractivity contribution is 4.76. The molecule has 1 unspecified atom stereocenters. The SMILES string of the molecule is CCCN(CC)CCN1CCC(CCN)C1. The van der Waals surface area contributed by atoms with Crippen LogP contribution in [0.2, 0.25) is 0 Å². The molecule has 96 valence electrons. The molecule has 1 aliphatic rings. The second-order valence-corrected chi connectivity index (χ2v) is 4.97. The Balaban J connectivity index is 2.13. The van der Waals surface area contributed by atoms with Crippen LogP contribution in [0.1, 0.15) is 33.1 Å². The Kier molecular flexibility index (Phi) is 7.01. The minimum atomic E-state index is 0.857. The van der Waals surface area contributed by atoms with E-state index in [4.69, 9.17) is 5.73 Å². The first kappa shape index (κ1) is 13.9. The van der Waals surface area contributed by atoms with Crippen LogP contribution in [-0.2, 0) is 0 Å². The summed E-state index contributed by atoms with van der Waals surface area (Å²) in [6.45, 7) is 12.9. The van der Waals surface area contributed by atoms with Gasteiger partial charge in [0.2, 0.25) is 0 Å². The van der Waals surface area contributed by atoms with E-state index in [1.165, 1.54) is 58.5 Å². The highest BCUT2D eigenvalue weighted by Crippen LogP contribution is 2.18. The highest BCUT2D eigenvalue weighted by atomic mass is 15.2. The summed E-state index contributed by atoms with van der Waals surface area (Å²) in [6.07, 6.45) is 3.84. The number of nitrogens with two attached hydrogens (primary N) is 1. The first-order valence-corrected chi connectivity index (χ1v) is 6.94. The first-order valence-electron chi connectivity index (χ1n) is 6.94. The highest BCUT2D eigenvalue weighted by Gasteiger charge is 2.21. The van der Waals surface area contributed by atoms with Crippen LogP contribution in [0.3, 0.4) is 0 Å². The molecule has 0 amide bonds. The van der Waals surface area contributed by atoms with E-state index in [1.54, 1.807) is 0 Å². The molecule has 3 nitrogen and oxygen atoms in total. The van der Waals surface area contributed by atoms with Crippen molar-refractivity contribution < 1.29 is 0 Å². The Morgan fingerprint density at radius 2 is 2.12 bits per heavy atom. The molecule has 0 aliphatic carbocycles. The predicted molar refractivity (Wildman–Crippen MR) is 70.6 cm³/mol. The van der Waals surface area contributed by atoms with E-state index < -0.39 is 0 Å². The zero-order valence-corrected chi connectivity index (χ0v) is 11.1. The maximum Gasteiger partial charge on any atom is 0.0109 e. The van der Waals surface area contributed by atoms with Crippen LogP contribution >= 0.6 is 0 Å². The van der Waals surface area contributed by atoms with Crippen LogP contribution in [0.15, 0.2) is 0 Å². The fourth-order valence-corrected chi connectivity index (χ4v) is 2.61. The molecule has 0 radical (unpaired) electrons. The molecule has 1 rings (SSSR count). The van der Waals surface area contributed by atoms with Crippen molar-refractivity contribution in [2.75, 3.05) is 45.8 Å². The average molecular weight is 227 g/mol. The molecule has 0 aromatic heterocycles. The summed E-state index contributed by atoms with van der Waals surface area (Å²) >= 11 is 0. The quantitative estimate of drug-likeness (QED) is 0.680. The normalized spacial score (nSPS) is 22.1. The van der Waals surface area contributed by atoms with Crippen molar-refractivity contribution in [2.24, 2.45) is 11.7 Å². The Morgan fingerprint density at radius 3 is 2.75 bits per heavy atom. The number of hydrogen-bond donors (Lipinski definition) is 1. The summed E-state index contributed by atoms with van der Waals surface area (Å²) in [5.41, 5.74) is 5.61. The van der Waals surface area contributed by atoms with Crippen LogP contribution < -0.4 is 5.73 Å². The van der Waals surface area contributed by atoms with E-state index in [1.807, 2.05) is 0 Å². The molecule has 0 spiro atoms. The van der Waals surface area contributed by atoms with Gasteiger partial charge < -0.3 is 15.5 Å². The Morgan fingerprint density at radius 1 is 1.31 bits per heavy atom. The minimum absolute atomic E-state index is 0.857. The number of likely N-dealkylation sites (N-methyl/N-ethyl adjacent to an activating group) is 1. The number of hydrogen-bond acceptors (Lipinski definition) is 3. The monoisotopic (exact) mass is 227 g/mol. The standard InChI is InChI=1S/C13H29N3/c1-3-8-15(4-2)10-11-16-9-6-13(12-16)5-7-14/h13H,3-12,14H2,1-2H3. The van der Waals surface area contributed by atoms with Gasteiger partial charge in [0, 0.05) is 19.6 Å². The smallest absolute Gasteiger partial charge is 0.0109 e. The third-order valence-electron chi connectivity index (χ3n) is 3.66. The summed E-state index contributed by atoms with van der Waals surface area (Å²) in [7, 11) is 0. The average Bonchev–Trinajstić information content (AvgIpc) is 2.72. The van der Waals surface area contributed by atoms with Gasteiger partial charge in [-0.2, -0.15) is 0 Å². The van der Waals surface area contributed by atoms with Gasteiger partial charge >= 0.3 is 0 Å². The zero-order chi connectivity index (χ0) is 11.8. The van der Waals surface area contributed by atoms with Crippen LogP contribution in [0.5, 0.6) is 0 Å². The second-order valence-electron chi connectivity index (χ2n) is 4.97. The van der Waals surface area contributed by atoms with Crippen LogP contribution in [0.4, 0.5) is 0 Å². The summed E-state index contributed by atoms with van der Waals surface area (Å²) in [4.78, 5) is 5.16. The van der Waals surface area contributed by atoms with E-state index in [-0.39, 0.29) is 0 Å². The van der Waals surface area contributed by atoms with Gasteiger partial charge in [-0.05, 0) is 51.4 Å². The molecule has 1 atom stereocenters. The summed E-state index contributed by atoms with van der Waals surface area (Å²) < 4.78 is 0. The van der Waals surface area contributed by atoms with E-state index in [9.17, 15) is 0 Å². The van der Waals surface area contributed by atoms with Crippen molar-refractivity contribution in [3.8, 4) is 0 Å². The van der Waals surface area contributed by atoms with Crippen molar-refractivity contribution >= 4 is 0 Å². The lowest BCUT2D eigenvalue weighted by Gasteiger charge is -2.23. The number of likely N-dealkylation sites (tertiary alicyclic amines) is 1. The van der Waals surface area contributed by atoms with Gasteiger partial charge in [0.1, 0.15) is 0 Å². The van der Waals surface area contributed by atoms with E-state index in [0.717, 1.165) is 12.5 Å². The molecule has 1 aliphatic heterocycles. The molecule has 0 aromatic carbocycles. The number of rotatable bonds is 8. The maximum atomic E-state index is 5.61. The van der Waals surface area contributed by atoms with Crippen molar-refractivity contribution in [1.29, 1.82) is 0 Å². The molecule has 2 N–H and O–H groups in total. The van der Waals surface area contributed by atoms with Crippen molar-refractivity contribution in [1.82, 2.24) is 9.80 Å². The molecular weight excluding hydrogens is 198 g/mol. The van der Waals surface area contributed by atoms with Gasteiger partial charge in [-0.3, -0.25) is 0 Å². The molecule has 0 bridgehead atoms. The Hall–Kier alpha value is -0.120. The number of nitrogens with zero attached hydrogens (tertiary/aromatic N) is 2. The summed E-state index contributed by atoms with van der Waals surface area (Å²) in [6, 6.07) is 0. The zero-order valence-electron chi connectivity index (χ0n) is 11.1. The van der Waals surface area contributed by atoms with E-state index in [0.29, 0.717) is 0 Å². The maximum absolute atomic E-state index is 5.61. The Bertz CT molecular complexity index is 173. The van der Waals surface area contributed by atoms with Gasteiger partial charge in [-0.15, -0.1) is 0 Å². The summed E-state index contributed by atoms with van der Waals surface area (Å²) in [5, 5.41) is 0. The Labute approximate surface area is 101 Å². The molecular formula is C13H29N3. The molecule has 0 aromatic rings. The minimum Gasteiger partial charge on any atom is -0.330 e. The van der Waals surface area contributed by atoms with Crippen LogP contribution in [-0.4, -0.2) is 55.6 Å². The van der Waals surface area contributed by atoms with Crippen molar-refractivity contribution in [2.45, 2.75) is 33.1 Å². The first-order chi connectivity index (χ1) is 7.80. The lowest BCUT2D eigenvalue weighted by Crippen LogP contribution is -2.34. The second kappa shape index (κ2) is 8.04. The lowest BCUT2D eigenvalue weighted by molar-refractivity contribution is 0.228. The molecule has 0 saturated carbocycles. The molecule has 16 heavy (non-hydrogen) atoms. The fourth-order valence-electron chi connectivity index (χ4n) is 2.61. The van der Waals surface area contributed by atoms with Crippen molar-refractivity contribution in [3.05, 3.63) is 0 Å². The topological polar surface area (TPSA) is 32.5 Å². The van der Waals surface area contributed by atoms with E-state index >= 15 is 0 Å². The largest absolute Gasteiger partial charge is 0.330 e. The molecule has 1 saturated heterocycles. The van der Waals surface area contributed by atoms with Crippen LogP contribution in [0, 0.1) is 5.92 Å². The van der Waals surface area contributed by atoms with Gasteiger partial charge in [0.25, 0.3) is 0 Å². The van der Waals surface area contributed by atoms with E-state index in [2.05, 4.69) is 23.6 Å². The van der Waals surface area contributed by atoms with Gasteiger partial charge in [0.05, 0.1) is 0 Å². The predicted octanol–water partition coefficient (Wildman–Crippen LogP) is 1.39. The fraction of sp³-hybridized carbons (Fsp3) is 1.00. The molecule has 3 heteroatoms. The lowest BCUT2D eigenvalue weighted by atomic mass is 10.1.